The maximum atomic E-state index is 12.2. The number of nitrogens with one attached hydrogen (secondary N) is 1. The first-order chi connectivity index (χ1) is 13.3. The van der Waals surface area contributed by atoms with E-state index in [0.717, 1.165) is 11.1 Å². The predicted octanol–water partition coefficient (Wildman–Crippen LogP) is 3.37. The molecule has 7 nitrogen and oxygen atoms in total. The summed E-state index contributed by atoms with van der Waals surface area (Å²) in [5.74, 6) is -0.161. The number of ether oxygens (including phenoxy) is 1. The fourth-order valence-corrected chi connectivity index (χ4v) is 3.43. The molecule has 0 aliphatic heterocycles. The van der Waals surface area contributed by atoms with E-state index in [9.17, 15) is 14.4 Å². The number of carbonyl (C=O) groups is 2. The molecule has 0 aliphatic carbocycles. The lowest BCUT2D eigenvalue weighted by molar-refractivity contribution is -0.131. The lowest BCUT2D eigenvalue weighted by Crippen LogP contribution is -2.26. The van der Waals surface area contributed by atoms with Crippen molar-refractivity contribution in [2.75, 3.05) is 0 Å². The van der Waals surface area contributed by atoms with Gasteiger partial charge in [0, 0.05) is 13.0 Å². The van der Waals surface area contributed by atoms with Gasteiger partial charge in [-0.15, -0.1) is 11.3 Å². The van der Waals surface area contributed by atoms with Gasteiger partial charge in [0.25, 0.3) is 0 Å². The Morgan fingerprint density at radius 3 is 2.68 bits per heavy atom. The first-order valence-electron chi connectivity index (χ1n) is 8.49. The van der Waals surface area contributed by atoms with Crippen molar-refractivity contribution in [3.8, 4) is 5.75 Å². The first kappa shape index (κ1) is 19.5. The minimum absolute atomic E-state index is 0.159. The van der Waals surface area contributed by atoms with Crippen LogP contribution in [0.2, 0.25) is 0 Å². The molecule has 2 heterocycles. The molecule has 8 heteroatoms. The minimum Gasteiger partial charge on any atom is -0.427 e. The molecule has 0 saturated heterocycles. The van der Waals surface area contributed by atoms with Crippen LogP contribution in [0.4, 0.5) is 0 Å². The molecule has 0 bridgehead atoms. The lowest BCUT2D eigenvalue weighted by atomic mass is 10.2. The van der Waals surface area contributed by atoms with Gasteiger partial charge in [-0.05, 0) is 48.6 Å². The van der Waals surface area contributed by atoms with E-state index in [4.69, 9.17) is 9.15 Å². The quantitative estimate of drug-likeness (QED) is 0.402. The van der Waals surface area contributed by atoms with E-state index in [1.54, 1.807) is 37.3 Å². The summed E-state index contributed by atoms with van der Waals surface area (Å²) in [7, 11) is 0. The molecule has 1 atom stereocenters. The number of nitrogens with zero attached hydrogens (tertiary/aromatic N) is 1. The van der Waals surface area contributed by atoms with Gasteiger partial charge >= 0.3 is 11.6 Å². The van der Waals surface area contributed by atoms with Crippen LogP contribution in [0, 0.1) is 6.92 Å². The molecule has 2 aromatic heterocycles. The van der Waals surface area contributed by atoms with E-state index in [2.05, 4.69) is 10.3 Å². The van der Waals surface area contributed by atoms with Crippen molar-refractivity contribution in [3.05, 3.63) is 63.2 Å². The van der Waals surface area contributed by atoms with Crippen LogP contribution in [0.5, 0.6) is 5.75 Å². The number of benzene rings is 1. The highest BCUT2D eigenvalue weighted by Gasteiger charge is 2.16. The second-order valence-electron chi connectivity index (χ2n) is 6.16. The van der Waals surface area contributed by atoms with Gasteiger partial charge in [0.05, 0.1) is 5.39 Å². The molecule has 0 spiro atoms. The highest BCUT2D eigenvalue weighted by Crippen LogP contribution is 2.22. The first-order valence-corrected chi connectivity index (χ1v) is 9.37. The Hall–Kier alpha value is -3.26. The highest BCUT2D eigenvalue weighted by molar-refractivity contribution is 7.16. The SMILES string of the molecule is CC(=O)Oc1ccc(/C=C/C(=O)N[C@@H](C)c2nc3scc(C)c3c(=O)o2)cc1. The average molecular weight is 398 g/mol. The van der Waals surface area contributed by atoms with Crippen LogP contribution < -0.4 is 15.7 Å². The molecule has 1 N–H and O–H groups in total. The van der Waals surface area contributed by atoms with Crippen LogP contribution in [0.25, 0.3) is 16.3 Å². The van der Waals surface area contributed by atoms with Crippen molar-refractivity contribution in [1.82, 2.24) is 10.3 Å². The summed E-state index contributed by atoms with van der Waals surface area (Å²) in [5.41, 5.74) is 1.13. The van der Waals surface area contributed by atoms with Gasteiger partial charge in [-0.25, -0.2) is 9.78 Å². The van der Waals surface area contributed by atoms with Gasteiger partial charge in [0.2, 0.25) is 11.8 Å². The summed E-state index contributed by atoms with van der Waals surface area (Å²) >= 11 is 1.36. The van der Waals surface area contributed by atoms with Crippen molar-refractivity contribution in [3.63, 3.8) is 0 Å². The Kier molecular flexibility index (Phi) is 5.70. The molecule has 28 heavy (non-hydrogen) atoms. The van der Waals surface area contributed by atoms with E-state index in [-0.39, 0.29) is 11.8 Å². The second kappa shape index (κ2) is 8.18. The number of carbonyl (C=O) groups excluding carboxylic acids is 2. The molecule has 3 aromatic rings. The van der Waals surface area contributed by atoms with Crippen molar-refractivity contribution in [2.45, 2.75) is 26.8 Å². The van der Waals surface area contributed by atoms with E-state index in [0.29, 0.717) is 16.0 Å². The molecule has 0 saturated carbocycles. The van der Waals surface area contributed by atoms with Crippen LogP contribution in [-0.4, -0.2) is 16.9 Å². The molecular weight excluding hydrogens is 380 g/mol. The zero-order valence-electron chi connectivity index (χ0n) is 15.5. The summed E-state index contributed by atoms with van der Waals surface area (Å²) in [6.45, 7) is 4.84. The number of amides is 1. The number of aryl methyl sites for hydroxylation is 1. The number of esters is 1. The maximum Gasteiger partial charge on any atom is 0.348 e. The van der Waals surface area contributed by atoms with E-state index >= 15 is 0 Å². The standard InChI is InChI=1S/C20H18N2O5S/c1-11-10-28-19-17(11)20(25)27-18(22-19)12(2)21-16(24)9-6-14-4-7-15(8-5-14)26-13(3)23/h4-10,12H,1-3H3,(H,21,24)/b9-6+/t12-/m0/s1. The molecular formula is C20H18N2O5S. The molecule has 1 amide bonds. The summed E-state index contributed by atoms with van der Waals surface area (Å²) in [4.78, 5) is 40.1. The van der Waals surface area contributed by atoms with Gasteiger partial charge in [-0.1, -0.05) is 12.1 Å². The second-order valence-corrected chi connectivity index (χ2v) is 7.02. The van der Waals surface area contributed by atoms with E-state index in [1.807, 2.05) is 12.3 Å². The van der Waals surface area contributed by atoms with Crippen molar-refractivity contribution >= 4 is 39.5 Å². The zero-order chi connectivity index (χ0) is 20.3. The minimum atomic E-state index is -0.567. The van der Waals surface area contributed by atoms with E-state index < -0.39 is 17.6 Å². The van der Waals surface area contributed by atoms with Gasteiger partial charge in [0.15, 0.2) is 0 Å². The van der Waals surface area contributed by atoms with Gasteiger partial charge < -0.3 is 14.5 Å². The van der Waals surface area contributed by atoms with Crippen LogP contribution in [0.3, 0.4) is 0 Å². The third-order valence-electron chi connectivity index (χ3n) is 3.87. The molecule has 3 rings (SSSR count). The van der Waals surface area contributed by atoms with E-state index in [1.165, 1.54) is 24.3 Å². The molecule has 0 fully saturated rings. The predicted molar refractivity (Wildman–Crippen MR) is 106 cm³/mol. The molecule has 0 aliphatic rings. The normalized spacial score (nSPS) is 12.2. The van der Waals surface area contributed by atoms with Crippen LogP contribution >= 0.6 is 11.3 Å². The number of fused-ring (bicyclic) bond motifs is 1. The van der Waals surface area contributed by atoms with Crippen molar-refractivity contribution < 1.29 is 18.7 Å². The monoisotopic (exact) mass is 398 g/mol. The number of aromatic nitrogens is 1. The summed E-state index contributed by atoms with van der Waals surface area (Å²) in [6, 6.07) is 6.15. The van der Waals surface area contributed by atoms with Crippen molar-refractivity contribution in [1.29, 1.82) is 0 Å². The smallest absolute Gasteiger partial charge is 0.348 e. The Morgan fingerprint density at radius 1 is 1.29 bits per heavy atom. The fourth-order valence-electron chi connectivity index (χ4n) is 2.52. The van der Waals surface area contributed by atoms with Gasteiger partial charge in [-0.2, -0.15) is 0 Å². The third-order valence-corrected chi connectivity index (χ3v) is 4.86. The van der Waals surface area contributed by atoms with Crippen LogP contribution in [0.1, 0.15) is 36.9 Å². The molecule has 144 valence electrons. The van der Waals surface area contributed by atoms with Crippen LogP contribution in [-0.2, 0) is 9.59 Å². The number of rotatable bonds is 5. The lowest BCUT2D eigenvalue weighted by Gasteiger charge is -2.10. The number of hydrogen-bond donors (Lipinski definition) is 1. The van der Waals surface area contributed by atoms with Crippen molar-refractivity contribution in [2.24, 2.45) is 0 Å². The largest absolute Gasteiger partial charge is 0.427 e. The fraction of sp³-hybridized carbons (Fsp3) is 0.200. The average Bonchev–Trinajstić information content (AvgIpc) is 3.02. The summed E-state index contributed by atoms with van der Waals surface area (Å²) in [6.07, 6.45) is 2.98. The Bertz CT molecular complexity index is 1110. The number of thiophene rings is 1. The number of hydrogen-bond acceptors (Lipinski definition) is 7. The molecule has 0 radical (unpaired) electrons. The Balaban J connectivity index is 1.66. The van der Waals surface area contributed by atoms with Crippen LogP contribution in [0.15, 0.2) is 44.9 Å². The summed E-state index contributed by atoms with van der Waals surface area (Å²) in [5, 5.41) is 5.04. The highest BCUT2D eigenvalue weighted by atomic mass is 32.1. The summed E-state index contributed by atoms with van der Waals surface area (Å²) < 4.78 is 10.2. The Morgan fingerprint density at radius 2 is 2.00 bits per heavy atom. The zero-order valence-corrected chi connectivity index (χ0v) is 16.3. The molecule has 1 aromatic carbocycles. The topological polar surface area (TPSA) is 98.5 Å². The Labute approximate surface area is 164 Å². The van der Waals surface area contributed by atoms with Gasteiger partial charge in [0.1, 0.15) is 16.6 Å². The van der Waals surface area contributed by atoms with Gasteiger partial charge in [-0.3, -0.25) is 9.59 Å². The third kappa shape index (κ3) is 4.52. The molecule has 0 unspecified atom stereocenters. The maximum absolute atomic E-state index is 12.2.